The number of nitrogens with zero attached hydrogens (tertiary/aromatic N) is 5. The molecule has 1 aromatic carbocycles. The Morgan fingerprint density at radius 2 is 1.77 bits per heavy atom. The predicted octanol–water partition coefficient (Wildman–Crippen LogP) is 4.62. The van der Waals surface area contributed by atoms with Crippen LogP contribution in [-0.2, 0) is 22.9 Å². The highest BCUT2D eigenvalue weighted by molar-refractivity contribution is 5.94. The Morgan fingerprint density at radius 1 is 1.05 bits per heavy atom. The third kappa shape index (κ3) is 6.20. The van der Waals surface area contributed by atoms with Gasteiger partial charge in [-0.25, -0.2) is 9.18 Å². The van der Waals surface area contributed by atoms with Gasteiger partial charge in [0, 0.05) is 81.6 Å². The smallest absolute Gasteiger partial charge is 0.410 e. The van der Waals surface area contributed by atoms with Crippen LogP contribution in [0.2, 0.25) is 0 Å². The van der Waals surface area contributed by atoms with E-state index in [0.29, 0.717) is 31.9 Å². The highest BCUT2D eigenvalue weighted by Gasteiger charge is 2.27. The molecule has 2 fully saturated rings. The van der Waals surface area contributed by atoms with E-state index in [9.17, 15) is 4.79 Å². The van der Waals surface area contributed by atoms with Crippen molar-refractivity contribution in [2.24, 2.45) is 7.05 Å². The number of hydrogen-bond acceptors (Lipinski definition) is 6. The van der Waals surface area contributed by atoms with Crippen molar-refractivity contribution in [3.8, 4) is 11.3 Å². The van der Waals surface area contributed by atoms with Crippen LogP contribution in [0.15, 0.2) is 30.3 Å². The van der Waals surface area contributed by atoms with Crippen LogP contribution in [-0.4, -0.2) is 90.1 Å². The Kier molecular flexibility index (Phi) is 7.82. The molecule has 0 unspecified atom stereocenters. The summed E-state index contributed by atoms with van der Waals surface area (Å²) in [5.74, 6) is -0.279. The summed E-state index contributed by atoms with van der Waals surface area (Å²) in [5, 5.41) is 1.04. The molecule has 0 spiro atoms. The number of pyridine rings is 1. The number of aromatic nitrogens is 2. The number of amides is 1. The van der Waals surface area contributed by atoms with Crippen molar-refractivity contribution in [2.45, 2.75) is 39.7 Å². The molecule has 2 aromatic heterocycles. The number of aryl methyl sites for hydroxylation is 2. The summed E-state index contributed by atoms with van der Waals surface area (Å²) >= 11 is 0. The quantitative estimate of drug-likeness (QED) is 0.473. The molecule has 1 amide bonds. The van der Waals surface area contributed by atoms with Crippen LogP contribution < -0.4 is 4.90 Å². The minimum absolute atomic E-state index is 0.279. The molecule has 0 saturated carbocycles. The number of anilines is 1. The lowest BCUT2D eigenvalue weighted by Gasteiger charge is -2.36. The summed E-state index contributed by atoms with van der Waals surface area (Å²) in [5.41, 5.74) is 4.84. The third-order valence-electron chi connectivity index (χ3n) is 7.55. The van der Waals surface area contributed by atoms with Gasteiger partial charge in [-0.15, -0.1) is 0 Å². The Balaban J connectivity index is 1.33. The van der Waals surface area contributed by atoms with Crippen LogP contribution in [0.1, 0.15) is 32.2 Å². The standard InChI is InChI=1S/C30H40FN5O3/c1-21-18-27-24(20-23(33(27)5)8-9-34-14-16-38-17-15-34)28(32-21)22-6-7-26(25(31)19-22)35-10-12-36(13-11-35)29(37)39-30(2,3)4/h6-7,18-20H,8-17H2,1-5H3. The van der Waals surface area contributed by atoms with Crippen molar-refractivity contribution < 1.29 is 18.7 Å². The first-order valence-corrected chi connectivity index (χ1v) is 13.9. The fourth-order valence-corrected chi connectivity index (χ4v) is 5.43. The van der Waals surface area contributed by atoms with Crippen LogP contribution in [0.3, 0.4) is 0 Å². The number of ether oxygens (including phenoxy) is 2. The van der Waals surface area contributed by atoms with E-state index in [0.717, 1.165) is 67.1 Å². The number of hydrogen-bond donors (Lipinski definition) is 0. The molecule has 0 radical (unpaired) electrons. The molecule has 5 rings (SSSR count). The second-order valence-electron chi connectivity index (χ2n) is 11.6. The number of carbonyl (C=O) groups excluding carboxylic acids is 1. The van der Waals surface area contributed by atoms with Crippen molar-refractivity contribution in [1.29, 1.82) is 0 Å². The average Bonchev–Trinajstić information content (AvgIpc) is 3.21. The highest BCUT2D eigenvalue weighted by Crippen LogP contribution is 2.33. The SMILES string of the molecule is Cc1cc2c(cc(CCN3CCOCC3)n2C)c(-c2ccc(N3CCN(C(=O)OC(C)(C)C)CC3)c(F)c2)n1. The summed E-state index contributed by atoms with van der Waals surface area (Å²) in [6, 6.07) is 9.70. The van der Waals surface area contributed by atoms with E-state index >= 15 is 4.39 Å². The third-order valence-corrected chi connectivity index (χ3v) is 7.55. The number of fused-ring (bicyclic) bond motifs is 1. The number of carbonyl (C=O) groups is 1. The Hall–Kier alpha value is -3.17. The molecule has 0 atom stereocenters. The molecule has 4 heterocycles. The van der Waals surface area contributed by atoms with E-state index in [1.807, 2.05) is 44.7 Å². The topological polar surface area (TPSA) is 63.1 Å². The van der Waals surface area contributed by atoms with E-state index in [4.69, 9.17) is 14.5 Å². The zero-order chi connectivity index (χ0) is 27.7. The van der Waals surface area contributed by atoms with Gasteiger partial charge in [0.25, 0.3) is 0 Å². The molecule has 0 aliphatic carbocycles. The normalized spacial score (nSPS) is 17.2. The van der Waals surface area contributed by atoms with Crippen LogP contribution in [0, 0.1) is 12.7 Å². The van der Waals surface area contributed by atoms with Gasteiger partial charge in [-0.3, -0.25) is 9.88 Å². The molecule has 3 aromatic rings. The van der Waals surface area contributed by atoms with Crippen LogP contribution >= 0.6 is 0 Å². The summed E-state index contributed by atoms with van der Waals surface area (Å²) in [4.78, 5) is 23.4. The lowest BCUT2D eigenvalue weighted by atomic mass is 10.1. The zero-order valence-electron chi connectivity index (χ0n) is 23.8. The van der Waals surface area contributed by atoms with Gasteiger partial charge in [0.05, 0.1) is 30.1 Å². The minimum Gasteiger partial charge on any atom is -0.444 e. The molecule has 0 bridgehead atoms. The van der Waals surface area contributed by atoms with Gasteiger partial charge in [0.1, 0.15) is 11.4 Å². The molecule has 0 N–H and O–H groups in total. The summed E-state index contributed by atoms with van der Waals surface area (Å²) in [6.07, 6.45) is 0.617. The Bertz CT molecular complexity index is 1330. The Labute approximate surface area is 230 Å². The second-order valence-corrected chi connectivity index (χ2v) is 11.6. The van der Waals surface area contributed by atoms with Gasteiger partial charge in [-0.1, -0.05) is 6.07 Å². The average molecular weight is 538 g/mol. The summed E-state index contributed by atoms with van der Waals surface area (Å²) < 4.78 is 28.7. The van der Waals surface area contributed by atoms with E-state index in [1.165, 1.54) is 5.69 Å². The zero-order valence-corrected chi connectivity index (χ0v) is 23.8. The first-order chi connectivity index (χ1) is 18.6. The van der Waals surface area contributed by atoms with Crippen molar-refractivity contribution in [3.05, 3.63) is 47.5 Å². The maximum absolute atomic E-state index is 15.5. The first kappa shape index (κ1) is 27.4. The number of morpholine rings is 1. The van der Waals surface area contributed by atoms with Gasteiger partial charge in [0.15, 0.2) is 0 Å². The summed E-state index contributed by atoms with van der Waals surface area (Å²) in [6.45, 7) is 14.2. The van der Waals surface area contributed by atoms with Crippen molar-refractivity contribution in [2.75, 3.05) is 63.9 Å². The fraction of sp³-hybridized carbons (Fsp3) is 0.533. The lowest BCUT2D eigenvalue weighted by molar-refractivity contribution is 0.0240. The lowest BCUT2D eigenvalue weighted by Crippen LogP contribution is -2.50. The van der Waals surface area contributed by atoms with Crippen LogP contribution in [0.25, 0.3) is 22.2 Å². The Morgan fingerprint density at radius 3 is 2.44 bits per heavy atom. The van der Waals surface area contributed by atoms with Gasteiger partial charge in [-0.05, 0) is 52.0 Å². The van der Waals surface area contributed by atoms with Crippen molar-refractivity contribution in [1.82, 2.24) is 19.4 Å². The van der Waals surface area contributed by atoms with Gasteiger partial charge in [-0.2, -0.15) is 0 Å². The second kappa shape index (κ2) is 11.1. The molecule has 2 aliphatic heterocycles. The maximum Gasteiger partial charge on any atom is 0.410 e. The molecular formula is C30H40FN5O3. The van der Waals surface area contributed by atoms with Crippen molar-refractivity contribution in [3.63, 3.8) is 0 Å². The molecule has 8 nitrogen and oxygen atoms in total. The first-order valence-electron chi connectivity index (χ1n) is 13.9. The molecule has 2 saturated heterocycles. The molecular weight excluding hydrogens is 497 g/mol. The van der Waals surface area contributed by atoms with E-state index in [-0.39, 0.29) is 11.9 Å². The van der Waals surface area contributed by atoms with E-state index in [2.05, 4.69) is 28.6 Å². The number of halogens is 1. The van der Waals surface area contributed by atoms with Gasteiger partial charge < -0.3 is 23.8 Å². The largest absolute Gasteiger partial charge is 0.444 e. The predicted molar refractivity (Wildman–Crippen MR) is 152 cm³/mol. The molecule has 210 valence electrons. The monoisotopic (exact) mass is 537 g/mol. The molecule has 39 heavy (non-hydrogen) atoms. The highest BCUT2D eigenvalue weighted by atomic mass is 19.1. The number of benzene rings is 1. The van der Waals surface area contributed by atoms with Crippen LogP contribution in [0.4, 0.5) is 14.9 Å². The van der Waals surface area contributed by atoms with Gasteiger partial charge >= 0.3 is 6.09 Å². The van der Waals surface area contributed by atoms with Crippen LogP contribution in [0.5, 0.6) is 0 Å². The van der Waals surface area contributed by atoms with Gasteiger partial charge in [0.2, 0.25) is 0 Å². The summed E-state index contributed by atoms with van der Waals surface area (Å²) in [7, 11) is 2.10. The molecule has 9 heteroatoms. The van der Waals surface area contributed by atoms with Crippen molar-refractivity contribution >= 4 is 22.7 Å². The van der Waals surface area contributed by atoms with E-state index < -0.39 is 5.60 Å². The maximum atomic E-state index is 15.5. The molecule has 2 aliphatic rings. The van der Waals surface area contributed by atoms with E-state index in [1.54, 1.807) is 11.0 Å². The minimum atomic E-state index is -0.534. The fourth-order valence-electron chi connectivity index (χ4n) is 5.43. The number of rotatable bonds is 5. The number of piperazine rings is 1.